The fourth-order valence-electron chi connectivity index (χ4n) is 2.06. The van der Waals surface area contributed by atoms with Crippen molar-refractivity contribution in [3.63, 3.8) is 0 Å². The van der Waals surface area contributed by atoms with Gasteiger partial charge in [0, 0.05) is 23.2 Å². The topological polar surface area (TPSA) is 50.4 Å². The maximum Gasteiger partial charge on any atom is 0.250 e. The van der Waals surface area contributed by atoms with Crippen molar-refractivity contribution in [1.29, 1.82) is 0 Å². The van der Waals surface area contributed by atoms with E-state index in [4.69, 9.17) is 16.3 Å². The van der Waals surface area contributed by atoms with Gasteiger partial charge in [0.1, 0.15) is 12.4 Å². The maximum absolute atomic E-state index is 12.1. The van der Waals surface area contributed by atoms with Crippen LogP contribution in [0.15, 0.2) is 23.8 Å². The van der Waals surface area contributed by atoms with Crippen molar-refractivity contribution in [2.24, 2.45) is 0 Å². The minimum Gasteiger partial charge on any atom is -0.488 e. The normalized spacial score (nSPS) is 14.1. The van der Waals surface area contributed by atoms with Gasteiger partial charge in [-0.2, -0.15) is 0 Å². The van der Waals surface area contributed by atoms with Crippen LogP contribution in [0.25, 0.3) is 6.08 Å². The van der Waals surface area contributed by atoms with Gasteiger partial charge in [0.2, 0.25) is 0 Å². The Kier molecular flexibility index (Phi) is 7.02. The molecule has 0 spiro atoms. The Bertz CT molecular complexity index is 532. The van der Waals surface area contributed by atoms with Crippen LogP contribution < -0.4 is 15.4 Å². The van der Waals surface area contributed by atoms with Gasteiger partial charge < -0.3 is 15.4 Å². The molecule has 0 aromatic heterocycles. The van der Waals surface area contributed by atoms with E-state index >= 15 is 0 Å². The first-order valence-electron chi connectivity index (χ1n) is 6.74. The molecule has 1 atom stereocenters. The van der Waals surface area contributed by atoms with Crippen molar-refractivity contribution in [1.82, 2.24) is 10.6 Å². The van der Waals surface area contributed by atoms with Gasteiger partial charge in [0.05, 0.1) is 5.57 Å². The molecule has 2 rings (SSSR count). The Hall–Kier alpha value is -1.23. The Morgan fingerprint density at radius 2 is 2.24 bits per heavy atom. The first kappa shape index (κ1) is 17.8. The second-order valence-corrected chi connectivity index (χ2v) is 5.25. The van der Waals surface area contributed by atoms with Crippen LogP contribution in [0.1, 0.15) is 19.4 Å². The van der Waals surface area contributed by atoms with E-state index in [1.54, 1.807) is 12.1 Å². The fraction of sp³-hybridized carbons (Fsp3) is 0.400. The van der Waals surface area contributed by atoms with Crippen LogP contribution in [-0.2, 0) is 4.79 Å². The Labute approximate surface area is 136 Å². The lowest BCUT2D eigenvalue weighted by Crippen LogP contribution is -2.40. The fourth-order valence-corrected chi connectivity index (χ4v) is 2.24. The Morgan fingerprint density at radius 1 is 1.48 bits per heavy atom. The standard InChI is InChI=1S/C15H19ClN2O2.ClH/c1-3-17-10(2)8-18-15(19)12-6-11-7-13(16)4-5-14(11)20-9-12;/h4-7,10,17H,3,8-9H2,1-2H3,(H,18,19);1H/t10-;/m1./s1. The highest BCUT2D eigenvalue weighted by atomic mass is 35.5. The molecule has 1 aliphatic rings. The van der Waals surface area contributed by atoms with Crippen molar-refractivity contribution in [3.05, 3.63) is 34.4 Å². The lowest BCUT2D eigenvalue weighted by molar-refractivity contribution is -0.117. The first-order valence-corrected chi connectivity index (χ1v) is 7.12. The molecule has 1 aromatic rings. The van der Waals surface area contributed by atoms with Crippen molar-refractivity contribution in [3.8, 4) is 5.75 Å². The molecule has 1 heterocycles. The number of amides is 1. The molecule has 6 heteroatoms. The van der Waals surface area contributed by atoms with Crippen LogP contribution in [0.5, 0.6) is 5.75 Å². The van der Waals surface area contributed by atoms with Gasteiger partial charge >= 0.3 is 0 Å². The number of hydrogen-bond donors (Lipinski definition) is 2. The summed E-state index contributed by atoms with van der Waals surface area (Å²) < 4.78 is 5.56. The lowest BCUT2D eigenvalue weighted by atomic mass is 10.1. The molecule has 0 unspecified atom stereocenters. The number of fused-ring (bicyclic) bond motifs is 1. The molecule has 0 radical (unpaired) electrons. The summed E-state index contributed by atoms with van der Waals surface area (Å²) in [7, 11) is 0. The number of likely N-dealkylation sites (N-methyl/N-ethyl adjacent to an activating group) is 1. The van der Waals surface area contributed by atoms with Gasteiger partial charge in [-0.1, -0.05) is 18.5 Å². The van der Waals surface area contributed by atoms with Crippen LogP contribution in [0.2, 0.25) is 5.02 Å². The second-order valence-electron chi connectivity index (χ2n) is 4.81. The van der Waals surface area contributed by atoms with Gasteiger partial charge in [-0.3, -0.25) is 4.79 Å². The zero-order chi connectivity index (χ0) is 14.5. The molecule has 21 heavy (non-hydrogen) atoms. The van der Waals surface area contributed by atoms with E-state index in [1.807, 2.05) is 26.0 Å². The summed E-state index contributed by atoms with van der Waals surface area (Å²) in [5.41, 5.74) is 1.46. The highest BCUT2D eigenvalue weighted by Crippen LogP contribution is 2.28. The quantitative estimate of drug-likeness (QED) is 0.872. The van der Waals surface area contributed by atoms with E-state index in [0.717, 1.165) is 17.9 Å². The van der Waals surface area contributed by atoms with Gasteiger partial charge in [-0.25, -0.2) is 0 Å². The Balaban J connectivity index is 0.00000220. The highest BCUT2D eigenvalue weighted by Gasteiger charge is 2.17. The number of benzene rings is 1. The van der Waals surface area contributed by atoms with Gasteiger partial charge in [-0.05, 0) is 37.7 Å². The lowest BCUT2D eigenvalue weighted by Gasteiger charge is -2.19. The van der Waals surface area contributed by atoms with E-state index in [-0.39, 0.29) is 31.0 Å². The van der Waals surface area contributed by atoms with Crippen molar-refractivity contribution in [2.75, 3.05) is 19.7 Å². The summed E-state index contributed by atoms with van der Waals surface area (Å²) >= 11 is 5.95. The summed E-state index contributed by atoms with van der Waals surface area (Å²) in [6.45, 7) is 5.83. The monoisotopic (exact) mass is 330 g/mol. The number of carbonyl (C=O) groups excluding carboxylic acids is 1. The van der Waals surface area contributed by atoms with Crippen molar-refractivity contribution in [2.45, 2.75) is 19.9 Å². The molecular formula is C15H20Cl2N2O2. The SMILES string of the molecule is CCN[C@H](C)CNC(=O)C1=Cc2cc(Cl)ccc2OC1.Cl. The number of rotatable bonds is 5. The van der Waals surface area contributed by atoms with Crippen molar-refractivity contribution < 1.29 is 9.53 Å². The summed E-state index contributed by atoms with van der Waals surface area (Å²) in [4.78, 5) is 12.1. The maximum atomic E-state index is 12.1. The van der Waals surface area contributed by atoms with E-state index in [2.05, 4.69) is 10.6 Å². The number of carbonyl (C=O) groups is 1. The van der Waals surface area contributed by atoms with Crippen molar-refractivity contribution >= 4 is 36.0 Å². The predicted molar refractivity (Wildman–Crippen MR) is 88.3 cm³/mol. The summed E-state index contributed by atoms with van der Waals surface area (Å²) in [5, 5.41) is 6.77. The summed E-state index contributed by atoms with van der Waals surface area (Å²) in [5.74, 6) is 0.660. The average molecular weight is 331 g/mol. The second kappa shape index (κ2) is 8.27. The number of nitrogens with one attached hydrogen (secondary N) is 2. The van der Waals surface area contributed by atoms with E-state index < -0.39 is 0 Å². The molecule has 4 nitrogen and oxygen atoms in total. The third-order valence-corrected chi connectivity index (χ3v) is 3.33. The minimum atomic E-state index is -0.0969. The highest BCUT2D eigenvalue weighted by molar-refractivity contribution is 6.30. The van der Waals surface area contributed by atoms with Crippen LogP contribution >= 0.6 is 24.0 Å². The molecule has 0 bridgehead atoms. The molecular weight excluding hydrogens is 311 g/mol. The molecule has 1 aliphatic heterocycles. The van der Waals surface area contributed by atoms with Gasteiger partial charge in [0.15, 0.2) is 0 Å². The molecule has 0 aliphatic carbocycles. The molecule has 1 aromatic carbocycles. The largest absolute Gasteiger partial charge is 0.488 e. The molecule has 0 saturated carbocycles. The molecule has 116 valence electrons. The molecule has 0 fully saturated rings. The molecule has 1 amide bonds. The molecule has 0 saturated heterocycles. The van der Waals surface area contributed by atoms with Crippen LogP contribution in [0, 0.1) is 0 Å². The third kappa shape index (κ3) is 4.92. The average Bonchev–Trinajstić information content (AvgIpc) is 2.44. The summed E-state index contributed by atoms with van der Waals surface area (Å²) in [6.07, 6.45) is 1.83. The first-order chi connectivity index (χ1) is 9.60. The summed E-state index contributed by atoms with van der Waals surface area (Å²) in [6, 6.07) is 5.63. The van der Waals surface area contributed by atoms with E-state index in [0.29, 0.717) is 17.1 Å². The number of halogens is 2. The van der Waals surface area contributed by atoms with Crippen LogP contribution in [-0.4, -0.2) is 31.6 Å². The van der Waals surface area contributed by atoms with Gasteiger partial charge in [0.25, 0.3) is 5.91 Å². The van der Waals surface area contributed by atoms with Gasteiger partial charge in [-0.15, -0.1) is 12.4 Å². The smallest absolute Gasteiger partial charge is 0.250 e. The number of ether oxygens (including phenoxy) is 1. The van der Waals surface area contributed by atoms with E-state index in [9.17, 15) is 4.79 Å². The predicted octanol–water partition coefficient (Wildman–Crippen LogP) is 2.65. The zero-order valence-electron chi connectivity index (χ0n) is 12.1. The molecule has 2 N–H and O–H groups in total. The zero-order valence-corrected chi connectivity index (χ0v) is 13.7. The minimum absolute atomic E-state index is 0. The third-order valence-electron chi connectivity index (χ3n) is 3.10. The van der Waals surface area contributed by atoms with Crippen LogP contribution in [0.3, 0.4) is 0 Å². The Morgan fingerprint density at radius 3 is 2.95 bits per heavy atom. The van der Waals surface area contributed by atoms with Crippen LogP contribution in [0.4, 0.5) is 0 Å². The number of hydrogen-bond acceptors (Lipinski definition) is 3. The van der Waals surface area contributed by atoms with E-state index in [1.165, 1.54) is 0 Å².